The first-order valence-corrected chi connectivity index (χ1v) is 5.63. The Balaban J connectivity index is 2.07. The summed E-state index contributed by atoms with van der Waals surface area (Å²) in [5.41, 5.74) is 0. The summed E-state index contributed by atoms with van der Waals surface area (Å²) >= 11 is 1.64. The summed E-state index contributed by atoms with van der Waals surface area (Å²) < 4.78 is 10.1. The van der Waals surface area contributed by atoms with Crippen LogP contribution in [-0.4, -0.2) is 24.9 Å². The molecule has 4 heteroatoms. The fraction of sp³-hybridized carbons (Fsp3) is 0.364. The maximum absolute atomic E-state index is 10.9. The molecule has 0 aliphatic carbocycles. The lowest BCUT2D eigenvalue weighted by atomic mass is 10.3. The third kappa shape index (κ3) is 2.45. The number of hydrogen-bond acceptors (Lipinski definition) is 4. The smallest absolute Gasteiger partial charge is 0.307 e. The van der Waals surface area contributed by atoms with Crippen molar-refractivity contribution in [2.45, 2.75) is 16.6 Å². The summed E-state index contributed by atoms with van der Waals surface area (Å²) in [5, 5.41) is 0.216. The van der Waals surface area contributed by atoms with Crippen LogP contribution in [0.25, 0.3) is 0 Å². The summed E-state index contributed by atoms with van der Waals surface area (Å²) in [4.78, 5) is 12.0. The highest BCUT2D eigenvalue weighted by molar-refractivity contribution is 8.00. The maximum Gasteiger partial charge on any atom is 0.307 e. The van der Waals surface area contributed by atoms with Gasteiger partial charge in [-0.05, 0) is 12.1 Å². The molecule has 0 spiro atoms. The van der Waals surface area contributed by atoms with Crippen LogP contribution < -0.4 is 4.74 Å². The summed E-state index contributed by atoms with van der Waals surface area (Å²) in [6, 6.07) is 7.80. The molecule has 0 N–H and O–H groups in total. The third-order valence-corrected chi connectivity index (χ3v) is 3.41. The number of cyclic esters (lactones) is 1. The zero-order chi connectivity index (χ0) is 10.7. The zero-order valence-electron chi connectivity index (χ0n) is 8.43. The number of para-hydroxylation sites is 1. The van der Waals surface area contributed by atoms with E-state index in [0.717, 1.165) is 10.6 Å². The Bertz CT molecular complexity index is 365. The monoisotopic (exact) mass is 224 g/mol. The second-order valence-corrected chi connectivity index (χ2v) is 4.62. The van der Waals surface area contributed by atoms with E-state index >= 15 is 0 Å². The van der Waals surface area contributed by atoms with E-state index in [1.807, 2.05) is 24.3 Å². The van der Waals surface area contributed by atoms with Gasteiger partial charge >= 0.3 is 5.97 Å². The lowest BCUT2D eigenvalue weighted by molar-refractivity contribution is -0.137. The van der Waals surface area contributed by atoms with E-state index < -0.39 is 0 Å². The highest BCUT2D eigenvalue weighted by atomic mass is 32.2. The first kappa shape index (κ1) is 10.4. The number of methoxy groups -OCH3 is 1. The van der Waals surface area contributed by atoms with Gasteiger partial charge in [-0.15, -0.1) is 11.8 Å². The number of thioether (sulfide) groups is 1. The molecule has 1 aliphatic heterocycles. The lowest BCUT2D eigenvalue weighted by Gasteiger charge is -2.09. The van der Waals surface area contributed by atoms with E-state index in [0.29, 0.717) is 13.0 Å². The average Bonchev–Trinajstić information content (AvgIpc) is 2.65. The first-order valence-electron chi connectivity index (χ1n) is 4.75. The van der Waals surface area contributed by atoms with Crippen molar-refractivity contribution in [2.75, 3.05) is 13.7 Å². The fourth-order valence-electron chi connectivity index (χ4n) is 1.46. The molecule has 2 rings (SSSR count). The molecule has 0 aromatic heterocycles. The third-order valence-electron chi connectivity index (χ3n) is 2.19. The van der Waals surface area contributed by atoms with E-state index in [1.54, 1.807) is 18.9 Å². The number of rotatable bonds is 3. The molecule has 3 nitrogen and oxygen atoms in total. The minimum Gasteiger partial charge on any atom is -0.496 e. The highest BCUT2D eigenvalue weighted by Gasteiger charge is 2.25. The topological polar surface area (TPSA) is 35.5 Å². The Morgan fingerprint density at radius 2 is 2.27 bits per heavy atom. The van der Waals surface area contributed by atoms with E-state index in [-0.39, 0.29) is 11.2 Å². The largest absolute Gasteiger partial charge is 0.496 e. The van der Waals surface area contributed by atoms with Crippen molar-refractivity contribution < 1.29 is 14.3 Å². The van der Waals surface area contributed by atoms with Crippen molar-refractivity contribution in [3.63, 3.8) is 0 Å². The van der Waals surface area contributed by atoms with Gasteiger partial charge in [-0.3, -0.25) is 4.79 Å². The molecule has 1 aliphatic rings. The minimum absolute atomic E-state index is 0.109. The van der Waals surface area contributed by atoms with Crippen molar-refractivity contribution in [3.8, 4) is 5.75 Å². The lowest BCUT2D eigenvalue weighted by Crippen LogP contribution is -2.00. The Morgan fingerprint density at radius 3 is 2.93 bits per heavy atom. The minimum atomic E-state index is -0.109. The van der Waals surface area contributed by atoms with Crippen molar-refractivity contribution >= 4 is 17.7 Å². The van der Waals surface area contributed by atoms with E-state index in [1.165, 1.54) is 0 Å². The molecular formula is C11H12O3S. The summed E-state index contributed by atoms with van der Waals surface area (Å²) in [5.74, 6) is 0.740. The van der Waals surface area contributed by atoms with Gasteiger partial charge in [0, 0.05) is 4.90 Å². The molecule has 0 unspecified atom stereocenters. The van der Waals surface area contributed by atoms with E-state index in [4.69, 9.17) is 9.47 Å². The summed E-state index contributed by atoms with van der Waals surface area (Å²) in [6.45, 7) is 0.502. The van der Waals surface area contributed by atoms with Gasteiger partial charge in [-0.2, -0.15) is 0 Å². The standard InChI is InChI=1S/C11H12O3S/c1-13-9-4-2-3-5-10(9)15-8-6-11(12)14-7-8/h2-5,8H,6-7H2,1H3/t8-/m0/s1. The number of esters is 1. The molecule has 0 amide bonds. The van der Waals surface area contributed by atoms with Gasteiger partial charge in [0.25, 0.3) is 0 Å². The molecule has 80 valence electrons. The van der Waals surface area contributed by atoms with Crippen molar-refractivity contribution in [3.05, 3.63) is 24.3 Å². The maximum atomic E-state index is 10.9. The highest BCUT2D eigenvalue weighted by Crippen LogP contribution is 2.35. The predicted octanol–water partition coefficient (Wildman–Crippen LogP) is 2.10. The molecule has 1 saturated heterocycles. The molecule has 1 aromatic carbocycles. The SMILES string of the molecule is COc1ccccc1S[C@@H]1COC(=O)C1. The number of carbonyl (C=O) groups is 1. The number of ether oxygens (including phenoxy) is 2. The van der Waals surface area contributed by atoms with Crippen LogP contribution in [0.15, 0.2) is 29.2 Å². The summed E-state index contributed by atoms with van der Waals surface area (Å²) in [7, 11) is 1.65. The van der Waals surface area contributed by atoms with Crippen LogP contribution in [0.5, 0.6) is 5.75 Å². The number of benzene rings is 1. The van der Waals surface area contributed by atoms with Crippen LogP contribution in [0.3, 0.4) is 0 Å². The first-order chi connectivity index (χ1) is 7.29. The Labute approximate surface area is 92.8 Å². The van der Waals surface area contributed by atoms with Crippen molar-refractivity contribution in [2.24, 2.45) is 0 Å². The van der Waals surface area contributed by atoms with Crippen LogP contribution in [-0.2, 0) is 9.53 Å². The second-order valence-electron chi connectivity index (χ2n) is 3.28. The second kappa shape index (κ2) is 4.57. The molecule has 1 atom stereocenters. The molecular weight excluding hydrogens is 212 g/mol. The normalized spacial score (nSPS) is 20.1. The quantitative estimate of drug-likeness (QED) is 0.737. The van der Waals surface area contributed by atoms with Crippen molar-refractivity contribution in [1.82, 2.24) is 0 Å². The number of hydrogen-bond donors (Lipinski definition) is 0. The molecule has 1 fully saturated rings. The van der Waals surface area contributed by atoms with Gasteiger partial charge in [0.2, 0.25) is 0 Å². The van der Waals surface area contributed by atoms with Crippen LogP contribution in [0.2, 0.25) is 0 Å². The average molecular weight is 224 g/mol. The number of carbonyl (C=O) groups excluding carboxylic acids is 1. The van der Waals surface area contributed by atoms with Crippen LogP contribution in [0, 0.1) is 0 Å². The van der Waals surface area contributed by atoms with Gasteiger partial charge in [-0.1, -0.05) is 12.1 Å². The molecule has 0 bridgehead atoms. The fourth-order valence-corrected chi connectivity index (χ4v) is 2.60. The van der Waals surface area contributed by atoms with Gasteiger partial charge in [-0.25, -0.2) is 0 Å². The van der Waals surface area contributed by atoms with Crippen molar-refractivity contribution in [1.29, 1.82) is 0 Å². The molecule has 0 saturated carbocycles. The molecule has 1 heterocycles. The van der Waals surface area contributed by atoms with Gasteiger partial charge in [0.1, 0.15) is 12.4 Å². The van der Waals surface area contributed by atoms with Crippen LogP contribution in [0.1, 0.15) is 6.42 Å². The molecule has 15 heavy (non-hydrogen) atoms. The molecule has 0 radical (unpaired) electrons. The van der Waals surface area contributed by atoms with Gasteiger partial charge < -0.3 is 9.47 Å². The van der Waals surface area contributed by atoms with Gasteiger partial charge in [0.05, 0.1) is 18.8 Å². The Kier molecular flexibility index (Phi) is 3.16. The Hall–Kier alpha value is -1.16. The Morgan fingerprint density at radius 1 is 1.47 bits per heavy atom. The van der Waals surface area contributed by atoms with Crippen LogP contribution in [0.4, 0.5) is 0 Å². The molecule has 1 aromatic rings. The van der Waals surface area contributed by atoms with Crippen LogP contribution >= 0.6 is 11.8 Å². The summed E-state index contributed by atoms with van der Waals surface area (Å²) in [6.07, 6.45) is 0.489. The van der Waals surface area contributed by atoms with E-state index in [2.05, 4.69) is 0 Å². The van der Waals surface area contributed by atoms with Gasteiger partial charge in [0.15, 0.2) is 0 Å². The zero-order valence-corrected chi connectivity index (χ0v) is 9.25. The predicted molar refractivity (Wildman–Crippen MR) is 58.2 cm³/mol. The van der Waals surface area contributed by atoms with E-state index in [9.17, 15) is 4.79 Å².